The van der Waals surface area contributed by atoms with Crippen LogP contribution in [0.25, 0.3) is 22.0 Å². The molecule has 0 radical (unpaired) electrons. The highest BCUT2D eigenvalue weighted by molar-refractivity contribution is 6.00. The van der Waals surface area contributed by atoms with Crippen molar-refractivity contribution in [1.82, 2.24) is 15.5 Å². The van der Waals surface area contributed by atoms with Gasteiger partial charge in [-0.05, 0) is 18.2 Å². The minimum absolute atomic E-state index is 0.0678. The number of carbonyl (C=O) groups is 1. The van der Waals surface area contributed by atoms with Crippen LogP contribution in [-0.2, 0) is 15.7 Å². The third kappa shape index (κ3) is 4.38. The number of hydrogen-bond acceptors (Lipinski definition) is 7. The topological polar surface area (TPSA) is 96.4 Å². The Morgan fingerprint density at radius 3 is 2.61 bits per heavy atom. The van der Waals surface area contributed by atoms with E-state index in [4.69, 9.17) is 4.74 Å². The van der Waals surface area contributed by atoms with Crippen molar-refractivity contribution in [1.29, 1.82) is 0 Å². The molecule has 0 unspecified atom stereocenters. The lowest BCUT2D eigenvalue weighted by Crippen LogP contribution is -2.46. The number of anilines is 1. The number of ether oxygens (including phenoxy) is 1. The maximum absolute atomic E-state index is 12.9. The Kier molecular flexibility index (Phi) is 5.64. The van der Waals surface area contributed by atoms with E-state index in [1.165, 1.54) is 6.07 Å². The van der Waals surface area contributed by atoms with Crippen LogP contribution in [0.15, 0.2) is 42.5 Å². The fourth-order valence-electron chi connectivity index (χ4n) is 3.71. The molecule has 7 nitrogen and oxygen atoms in total. The molecule has 2 heterocycles. The third-order valence-corrected chi connectivity index (χ3v) is 5.17. The fraction of sp³-hybridized carbons (Fsp3) is 0.286. The zero-order valence-electron chi connectivity index (χ0n) is 16.2. The van der Waals surface area contributed by atoms with Crippen molar-refractivity contribution in [3.05, 3.63) is 48.0 Å². The van der Waals surface area contributed by atoms with E-state index in [-0.39, 0.29) is 23.4 Å². The molecule has 4 rings (SSSR count). The number of aromatic nitrogens is 2. The predicted octanol–water partition coefficient (Wildman–Crippen LogP) is 3.34. The summed E-state index contributed by atoms with van der Waals surface area (Å²) in [6.45, 7) is 1.63. The zero-order valence-corrected chi connectivity index (χ0v) is 16.2. The van der Waals surface area contributed by atoms with Crippen molar-refractivity contribution in [2.75, 3.05) is 18.4 Å². The van der Waals surface area contributed by atoms with Crippen molar-refractivity contribution in [3.8, 4) is 17.0 Å². The van der Waals surface area contributed by atoms with Crippen molar-refractivity contribution >= 4 is 23.1 Å². The maximum atomic E-state index is 12.9. The second kappa shape index (κ2) is 8.38. The minimum Gasteiger partial charge on any atom is -0.507 e. The van der Waals surface area contributed by atoms with Gasteiger partial charge in [0.1, 0.15) is 17.5 Å². The molecule has 0 spiro atoms. The molecule has 3 aromatic rings. The van der Waals surface area contributed by atoms with E-state index in [1.807, 2.05) is 12.1 Å². The van der Waals surface area contributed by atoms with Crippen LogP contribution in [0.5, 0.6) is 5.75 Å². The van der Waals surface area contributed by atoms with Crippen molar-refractivity contribution in [2.45, 2.75) is 24.7 Å². The molecule has 0 bridgehead atoms. The van der Waals surface area contributed by atoms with Gasteiger partial charge in [0.25, 0.3) is 6.47 Å². The van der Waals surface area contributed by atoms with Crippen LogP contribution in [-0.4, -0.2) is 47.0 Å². The standard InChI is InChI=1S/C21H19F3N4O3/c22-21(23,24)12-5-6-17(18(30)7-12)19-15-3-1-2-4-16(15)20(28-27-19)26-13-8-14(31-11-29)10-25-9-13/h1-7,11,13-14,25,30H,8-10H2,(H,26,28)/t13-,14-/m1/s1. The van der Waals surface area contributed by atoms with E-state index in [9.17, 15) is 23.1 Å². The average molecular weight is 432 g/mol. The Balaban J connectivity index is 1.69. The molecule has 2 aromatic carbocycles. The number of hydrogen-bond donors (Lipinski definition) is 3. The summed E-state index contributed by atoms with van der Waals surface area (Å²) in [5.41, 5.74) is -0.514. The number of alkyl halides is 3. The molecule has 1 aliphatic heterocycles. The second-order valence-corrected chi connectivity index (χ2v) is 7.26. The molecular weight excluding hydrogens is 413 g/mol. The lowest BCUT2D eigenvalue weighted by Gasteiger charge is -2.29. The molecule has 31 heavy (non-hydrogen) atoms. The summed E-state index contributed by atoms with van der Waals surface area (Å²) in [7, 11) is 0. The number of nitrogens with zero attached hydrogens (tertiary/aromatic N) is 2. The highest BCUT2D eigenvalue weighted by Gasteiger charge is 2.31. The molecule has 3 N–H and O–H groups in total. The number of fused-ring (bicyclic) bond motifs is 1. The number of piperidine rings is 1. The van der Waals surface area contributed by atoms with Crippen LogP contribution in [0, 0.1) is 0 Å². The number of nitrogens with one attached hydrogen (secondary N) is 2. The number of phenolic OH excluding ortho intramolecular Hbond substituents is 1. The van der Waals surface area contributed by atoms with Crippen molar-refractivity contribution < 1.29 is 27.8 Å². The molecule has 0 amide bonds. The third-order valence-electron chi connectivity index (χ3n) is 5.17. The van der Waals surface area contributed by atoms with Crippen molar-refractivity contribution in [3.63, 3.8) is 0 Å². The highest BCUT2D eigenvalue weighted by Crippen LogP contribution is 2.38. The Bertz CT molecular complexity index is 1110. The van der Waals surface area contributed by atoms with E-state index in [0.29, 0.717) is 48.6 Å². The lowest BCUT2D eigenvalue weighted by molar-refractivity contribution is -0.137. The smallest absolute Gasteiger partial charge is 0.416 e. The van der Waals surface area contributed by atoms with Gasteiger partial charge in [-0.15, -0.1) is 10.2 Å². The van der Waals surface area contributed by atoms with Gasteiger partial charge in [-0.1, -0.05) is 24.3 Å². The van der Waals surface area contributed by atoms with E-state index in [2.05, 4.69) is 20.8 Å². The minimum atomic E-state index is -4.56. The summed E-state index contributed by atoms with van der Waals surface area (Å²) >= 11 is 0. The first-order chi connectivity index (χ1) is 14.9. The Morgan fingerprint density at radius 1 is 1.13 bits per heavy atom. The molecule has 10 heteroatoms. The SMILES string of the molecule is O=CO[C@H]1CNC[C@H](Nc2nnc(-c3ccc(C(F)(F)F)cc3O)c3ccccc23)C1. The quantitative estimate of drug-likeness (QED) is 0.532. The monoisotopic (exact) mass is 432 g/mol. The van der Waals surface area contributed by atoms with Crippen LogP contribution < -0.4 is 10.6 Å². The molecule has 0 saturated carbocycles. The first-order valence-electron chi connectivity index (χ1n) is 9.59. The first-order valence-corrected chi connectivity index (χ1v) is 9.59. The van der Waals surface area contributed by atoms with E-state index in [0.717, 1.165) is 6.07 Å². The molecule has 1 aromatic heterocycles. The van der Waals surface area contributed by atoms with Gasteiger partial charge in [-0.25, -0.2) is 0 Å². The molecule has 1 aliphatic rings. The van der Waals surface area contributed by atoms with Crippen LogP contribution in [0.4, 0.5) is 19.0 Å². The normalized spacial score (nSPS) is 19.2. The Labute approximate surface area is 175 Å². The molecular formula is C21H19F3N4O3. The molecule has 1 fully saturated rings. The van der Waals surface area contributed by atoms with Gasteiger partial charge >= 0.3 is 6.18 Å². The number of aromatic hydroxyl groups is 1. The summed E-state index contributed by atoms with van der Waals surface area (Å²) in [5, 5.41) is 26.5. The van der Waals surface area contributed by atoms with E-state index < -0.39 is 17.5 Å². The molecule has 1 saturated heterocycles. The van der Waals surface area contributed by atoms with Gasteiger partial charge in [-0.2, -0.15) is 13.2 Å². The van der Waals surface area contributed by atoms with Crippen LogP contribution in [0.3, 0.4) is 0 Å². The summed E-state index contributed by atoms with van der Waals surface area (Å²) in [4.78, 5) is 10.6. The summed E-state index contributed by atoms with van der Waals surface area (Å²) in [6.07, 6.45) is -4.23. The average Bonchev–Trinajstić information content (AvgIpc) is 2.74. The Hall–Kier alpha value is -3.40. The Morgan fingerprint density at radius 2 is 1.90 bits per heavy atom. The van der Waals surface area contributed by atoms with Gasteiger partial charge in [-0.3, -0.25) is 4.79 Å². The van der Waals surface area contributed by atoms with Crippen LogP contribution >= 0.6 is 0 Å². The second-order valence-electron chi connectivity index (χ2n) is 7.26. The van der Waals surface area contributed by atoms with Crippen LogP contribution in [0.2, 0.25) is 0 Å². The van der Waals surface area contributed by atoms with Gasteiger partial charge in [0.05, 0.1) is 5.56 Å². The predicted molar refractivity (Wildman–Crippen MR) is 107 cm³/mol. The summed E-state index contributed by atoms with van der Waals surface area (Å²) in [6, 6.07) is 9.86. The summed E-state index contributed by atoms with van der Waals surface area (Å²) < 4.78 is 43.8. The first kappa shape index (κ1) is 20.9. The van der Waals surface area contributed by atoms with Gasteiger partial charge in [0.15, 0.2) is 5.82 Å². The fourth-order valence-corrected chi connectivity index (χ4v) is 3.71. The zero-order chi connectivity index (χ0) is 22.0. The van der Waals surface area contributed by atoms with Crippen LogP contribution in [0.1, 0.15) is 12.0 Å². The van der Waals surface area contributed by atoms with E-state index in [1.54, 1.807) is 12.1 Å². The van der Waals surface area contributed by atoms with Gasteiger partial charge < -0.3 is 20.5 Å². The molecule has 2 atom stereocenters. The number of carbonyl (C=O) groups excluding carboxylic acids is 1. The lowest BCUT2D eigenvalue weighted by atomic mass is 10.0. The van der Waals surface area contributed by atoms with E-state index >= 15 is 0 Å². The summed E-state index contributed by atoms with van der Waals surface area (Å²) in [5.74, 6) is -0.0374. The van der Waals surface area contributed by atoms with Crippen molar-refractivity contribution in [2.24, 2.45) is 0 Å². The number of rotatable bonds is 5. The van der Waals surface area contributed by atoms with Gasteiger partial charge in [0, 0.05) is 41.9 Å². The molecule has 162 valence electrons. The number of phenols is 1. The highest BCUT2D eigenvalue weighted by atomic mass is 19.4. The maximum Gasteiger partial charge on any atom is 0.416 e. The van der Waals surface area contributed by atoms with Gasteiger partial charge in [0.2, 0.25) is 0 Å². The molecule has 0 aliphatic carbocycles. The number of halogens is 3. The number of benzene rings is 2. The largest absolute Gasteiger partial charge is 0.507 e.